The van der Waals surface area contributed by atoms with E-state index < -0.39 is 17.9 Å². The third-order valence-corrected chi connectivity index (χ3v) is 6.18. The maximum absolute atomic E-state index is 12.7. The van der Waals surface area contributed by atoms with Gasteiger partial charge in [0.2, 0.25) is 5.91 Å². The number of rotatable bonds is 7. The van der Waals surface area contributed by atoms with Gasteiger partial charge in [-0.2, -0.15) is 0 Å². The highest BCUT2D eigenvalue weighted by molar-refractivity contribution is 7.15. The second-order valence-corrected chi connectivity index (χ2v) is 8.62. The second-order valence-electron chi connectivity index (χ2n) is 7.74. The molecule has 1 aliphatic heterocycles. The Balaban J connectivity index is 0.000000641. The summed E-state index contributed by atoms with van der Waals surface area (Å²) in [4.78, 5) is 45.6. The largest absolute Gasteiger partial charge is 0.473 e. The Morgan fingerprint density at radius 3 is 2.31 bits per heavy atom. The highest BCUT2D eigenvalue weighted by Gasteiger charge is 2.23. The molecule has 1 saturated heterocycles. The minimum absolute atomic E-state index is 0.101. The molecule has 1 amide bonds. The van der Waals surface area contributed by atoms with Crippen LogP contribution < -0.4 is 5.32 Å². The Morgan fingerprint density at radius 1 is 1.09 bits per heavy atom. The predicted octanol–water partition coefficient (Wildman–Crippen LogP) is 3.03. The van der Waals surface area contributed by atoms with Crippen molar-refractivity contribution in [2.45, 2.75) is 27.2 Å². The number of aryl methyl sites for hydroxylation is 2. The van der Waals surface area contributed by atoms with Crippen LogP contribution in [0.3, 0.4) is 0 Å². The van der Waals surface area contributed by atoms with E-state index in [4.69, 9.17) is 29.3 Å². The SMILES string of the molecule is CCOC(=O)c1c(-c2ccc(C)c(C)c2)csc1NC(=O)CCN1CCOCC1.O=C(O)C(=O)O. The van der Waals surface area contributed by atoms with Crippen molar-refractivity contribution < 1.29 is 38.9 Å². The van der Waals surface area contributed by atoms with Crippen LogP contribution in [0.15, 0.2) is 23.6 Å². The van der Waals surface area contributed by atoms with Crippen LogP contribution in [0.2, 0.25) is 0 Å². The zero-order chi connectivity index (χ0) is 26.0. The van der Waals surface area contributed by atoms with E-state index in [0.29, 0.717) is 36.7 Å². The van der Waals surface area contributed by atoms with Crippen molar-refractivity contribution in [3.05, 3.63) is 40.3 Å². The maximum Gasteiger partial charge on any atom is 0.414 e. The Kier molecular flexibility index (Phi) is 10.8. The van der Waals surface area contributed by atoms with Crippen molar-refractivity contribution in [1.82, 2.24) is 4.90 Å². The first-order chi connectivity index (χ1) is 16.6. The second kappa shape index (κ2) is 13.6. The number of thiophene rings is 1. The number of carbonyl (C=O) groups excluding carboxylic acids is 2. The number of ether oxygens (including phenoxy) is 2. The van der Waals surface area contributed by atoms with E-state index in [9.17, 15) is 9.59 Å². The van der Waals surface area contributed by atoms with Crippen molar-refractivity contribution in [3.63, 3.8) is 0 Å². The van der Waals surface area contributed by atoms with Crippen LogP contribution in [0.5, 0.6) is 0 Å². The number of carboxylic acid groups (broad SMARTS) is 2. The minimum Gasteiger partial charge on any atom is -0.473 e. The van der Waals surface area contributed by atoms with Gasteiger partial charge < -0.3 is 25.0 Å². The van der Waals surface area contributed by atoms with Crippen LogP contribution in [0.4, 0.5) is 5.00 Å². The summed E-state index contributed by atoms with van der Waals surface area (Å²) in [7, 11) is 0. The number of nitrogens with zero attached hydrogens (tertiary/aromatic N) is 1. The molecule has 0 atom stereocenters. The fraction of sp³-hybridized carbons (Fsp3) is 0.417. The zero-order valence-electron chi connectivity index (χ0n) is 20.0. The van der Waals surface area contributed by atoms with Crippen LogP contribution in [-0.2, 0) is 23.9 Å². The van der Waals surface area contributed by atoms with Crippen LogP contribution in [-0.4, -0.2) is 78.4 Å². The molecule has 3 N–H and O–H groups in total. The lowest BCUT2D eigenvalue weighted by molar-refractivity contribution is -0.159. The monoisotopic (exact) mass is 506 g/mol. The van der Waals surface area contributed by atoms with Crippen molar-refractivity contribution in [3.8, 4) is 11.1 Å². The molecule has 3 rings (SSSR count). The number of aliphatic carboxylic acids is 2. The van der Waals surface area contributed by atoms with Gasteiger partial charge in [-0.05, 0) is 37.5 Å². The average molecular weight is 507 g/mol. The fourth-order valence-electron chi connectivity index (χ4n) is 3.25. The first kappa shape index (κ1) is 28.0. The lowest BCUT2D eigenvalue weighted by atomic mass is 9.99. The quantitative estimate of drug-likeness (QED) is 0.381. The van der Waals surface area contributed by atoms with Crippen molar-refractivity contribution in [2.24, 2.45) is 0 Å². The molecule has 0 saturated carbocycles. The topological polar surface area (TPSA) is 142 Å². The summed E-state index contributed by atoms with van der Waals surface area (Å²) < 4.78 is 10.6. The lowest BCUT2D eigenvalue weighted by Gasteiger charge is -2.26. The van der Waals surface area contributed by atoms with E-state index in [1.54, 1.807) is 6.92 Å². The van der Waals surface area contributed by atoms with Gasteiger partial charge in [0, 0.05) is 37.0 Å². The molecule has 35 heavy (non-hydrogen) atoms. The third-order valence-electron chi connectivity index (χ3n) is 5.28. The molecule has 0 bridgehead atoms. The fourth-order valence-corrected chi connectivity index (χ4v) is 4.22. The Morgan fingerprint density at radius 2 is 1.74 bits per heavy atom. The minimum atomic E-state index is -1.82. The van der Waals surface area contributed by atoms with E-state index in [1.165, 1.54) is 16.9 Å². The summed E-state index contributed by atoms with van der Waals surface area (Å²) in [6.07, 6.45) is 0.374. The van der Waals surface area contributed by atoms with Gasteiger partial charge in [-0.15, -0.1) is 11.3 Å². The molecule has 0 unspecified atom stereocenters. The number of carboxylic acids is 2. The number of benzene rings is 1. The van der Waals surface area contributed by atoms with Crippen LogP contribution in [0.25, 0.3) is 11.1 Å². The third kappa shape index (κ3) is 8.46. The number of hydrogen-bond acceptors (Lipinski definition) is 8. The molecule has 1 aliphatic rings. The molecule has 0 spiro atoms. The van der Waals surface area contributed by atoms with Gasteiger partial charge in [0.15, 0.2) is 0 Å². The van der Waals surface area contributed by atoms with Crippen LogP contribution in [0, 0.1) is 13.8 Å². The van der Waals surface area contributed by atoms with Gasteiger partial charge in [-0.1, -0.05) is 18.2 Å². The molecule has 10 nitrogen and oxygen atoms in total. The maximum atomic E-state index is 12.7. The molecule has 2 heterocycles. The summed E-state index contributed by atoms with van der Waals surface area (Å²) in [5, 5.41) is 20.2. The smallest absolute Gasteiger partial charge is 0.414 e. The highest BCUT2D eigenvalue weighted by atomic mass is 32.1. The molecule has 0 radical (unpaired) electrons. The van der Waals surface area contributed by atoms with Gasteiger partial charge in [-0.3, -0.25) is 9.69 Å². The Hall–Kier alpha value is -3.28. The highest BCUT2D eigenvalue weighted by Crippen LogP contribution is 2.37. The first-order valence-corrected chi connectivity index (χ1v) is 11.9. The van der Waals surface area contributed by atoms with Gasteiger partial charge >= 0.3 is 17.9 Å². The summed E-state index contributed by atoms with van der Waals surface area (Å²) in [5.41, 5.74) is 4.51. The van der Waals surface area contributed by atoms with Crippen molar-refractivity contribution in [2.75, 3.05) is 44.8 Å². The Labute approximate surface area is 207 Å². The van der Waals surface area contributed by atoms with Gasteiger partial charge in [0.1, 0.15) is 10.6 Å². The summed E-state index contributed by atoms with van der Waals surface area (Å²) in [5.74, 6) is -4.16. The summed E-state index contributed by atoms with van der Waals surface area (Å²) in [6.45, 7) is 9.94. The van der Waals surface area contributed by atoms with E-state index in [1.807, 2.05) is 24.4 Å². The number of anilines is 1. The first-order valence-electron chi connectivity index (χ1n) is 11.1. The molecular weight excluding hydrogens is 476 g/mol. The molecule has 190 valence electrons. The lowest BCUT2D eigenvalue weighted by Crippen LogP contribution is -2.38. The standard InChI is InChI=1S/C22H28N2O4S.C2H2O4/c1-4-28-22(26)20-18(17-6-5-15(2)16(3)13-17)14-29-21(20)23-19(25)7-8-24-9-11-27-12-10-24;3-1(4)2(5)6/h5-6,13-14H,4,7-12H2,1-3H3,(H,23,25);(H,3,4)(H,5,6). The Bertz CT molecular complexity index is 1050. The van der Waals surface area contributed by atoms with Crippen LogP contribution >= 0.6 is 11.3 Å². The molecule has 2 aromatic rings. The van der Waals surface area contributed by atoms with Gasteiger partial charge in [-0.25, -0.2) is 14.4 Å². The molecule has 0 aliphatic carbocycles. The zero-order valence-corrected chi connectivity index (χ0v) is 20.8. The van der Waals surface area contributed by atoms with E-state index in [-0.39, 0.29) is 12.5 Å². The number of morpholine rings is 1. The van der Waals surface area contributed by atoms with Crippen LogP contribution in [0.1, 0.15) is 34.8 Å². The summed E-state index contributed by atoms with van der Waals surface area (Å²) in [6, 6.07) is 6.10. The molecule has 1 aromatic carbocycles. The number of hydrogen-bond donors (Lipinski definition) is 3. The number of esters is 1. The van der Waals surface area contributed by atoms with Crippen molar-refractivity contribution in [1.29, 1.82) is 0 Å². The molecule has 1 aromatic heterocycles. The number of nitrogens with one attached hydrogen (secondary N) is 1. The predicted molar refractivity (Wildman–Crippen MR) is 131 cm³/mol. The van der Waals surface area contributed by atoms with E-state index in [2.05, 4.69) is 23.2 Å². The normalized spacial score (nSPS) is 13.3. The van der Waals surface area contributed by atoms with Crippen molar-refractivity contribution >= 4 is 40.2 Å². The number of carbonyl (C=O) groups is 4. The molecular formula is C24H30N2O8S. The van der Waals surface area contributed by atoms with Gasteiger partial charge in [0.25, 0.3) is 0 Å². The average Bonchev–Trinajstić information content (AvgIpc) is 3.24. The van der Waals surface area contributed by atoms with E-state index >= 15 is 0 Å². The molecule has 11 heteroatoms. The van der Waals surface area contributed by atoms with E-state index in [0.717, 1.165) is 29.8 Å². The molecule has 1 fully saturated rings. The van der Waals surface area contributed by atoms with Gasteiger partial charge in [0.05, 0.1) is 19.8 Å². The number of amides is 1. The summed E-state index contributed by atoms with van der Waals surface area (Å²) >= 11 is 1.36.